The molecular weight excluding hydrogens is 342 g/mol. The second-order valence-corrected chi connectivity index (χ2v) is 7.25. The highest BCUT2D eigenvalue weighted by atomic mass is 16.6. The Bertz CT molecular complexity index is 698. The first-order chi connectivity index (χ1) is 12.8. The summed E-state index contributed by atoms with van der Waals surface area (Å²) in [5.41, 5.74) is 1.09. The van der Waals surface area contributed by atoms with Crippen LogP contribution in [0.25, 0.3) is 0 Å². The number of esters is 1. The Labute approximate surface area is 160 Å². The maximum absolute atomic E-state index is 12.7. The highest BCUT2D eigenvalue weighted by molar-refractivity contribution is 5.81. The molecule has 144 valence electrons. The van der Waals surface area contributed by atoms with E-state index in [-0.39, 0.29) is 0 Å². The van der Waals surface area contributed by atoms with Gasteiger partial charge in [-0.05, 0) is 38.3 Å². The third kappa shape index (κ3) is 6.44. The van der Waals surface area contributed by atoms with Gasteiger partial charge in [0.2, 0.25) is 0 Å². The summed E-state index contributed by atoms with van der Waals surface area (Å²) >= 11 is 0. The largest absolute Gasteiger partial charge is 0.451 e. The van der Waals surface area contributed by atoms with Gasteiger partial charge in [-0.15, -0.1) is 0 Å². The lowest BCUT2D eigenvalue weighted by Crippen LogP contribution is -2.44. The monoisotopic (exact) mass is 369 g/mol. The molecule has 0 aromatic heterocycles. The summed E-state index contributed by atoms with van der Waals surface area (Å²) in [5.74, 6) is -0.499. The SMILES string of the molecule is CCC(NC(=O)OC(C)(C)C)C(=O)OC(c1ccccc1)c1ccccc1. The van der Waals surface area contributed by atoms with Crippen LogP contribution in [0, 0.1) is 0 Å². The summed E-state index contributed by atoms with van der Waals surface area (Å²) < 4.78 is 11.0. The fraction of sp³-hybridized carbons (Fsp3) is 0.364. The van der Waals surface area contributed by atoms with E-state index in [4.69, 9.17) is 9.47 Å². The number of alkyl carbamates (subject to hydrolysis) is 1. The molecule has 0 aliphatic rings. The Morgan fingerprint density at radius 1 is 0.926 bits per heavy atom. The van der Waals surface area contributed by atoms with E-state index in [1.165, 1.54) is 0 Å². The Morgan fingerprint density at radius 2 is 1.41 bits per heavy atom. The molecule has 0 heterocycles. The lowest BCUT2D eigenvalue weighted by atomic mass is 10.0. The molecule has 2 aromatic carbocycles. The van der Waals surface area contributed by atoms with Gasteiger partial charge in [-0.3, -0.25) is 0 Å². The number of nitrogens with one attached hydrogen (secondary N) is 1. The average Bonchev–Trinajstić information content (AvgIpc) is 2.64. The molecule has 1 amide bonds. The lowest BCUT2D eigenvalue weighted by Gasteiger charge is -2.24. The van der Waals surface area contributed by atoms with Crippen molar-refractivity contribution in [1.29, 1.82) is 0 Å². The second kappa shape index (κ2) is 9.21. The molecule has 0 fully saturated rings. The predicted molar refractivity (Wildman–Crippen MR) is 104 cm³/mol. The zero-order chi connectivity index (χ0) is 19.9. The minimum Gasteiger partial charge on any atom is -0.451 e. The van der Waals surface area contributed by atoms with Crippen molar-refractivity contribution in [3.63, 3.8) is 0 Å². The fourth-order valence-corrected chi connectivity index (χ4v) is 2.56. The number of rotatable bonds is 6. The van der Waals surface area contributed by atoms with Crippen LogP contribution in [0.3, 0.4) is 0 Å². The molecule has 1 N–H and O–H groups in total. The topological polar surface area (TPSA) is 64.6 Å². The highest BCUT2D eigenvalue weighted by Gasteiger charge is 2.27. The Morgan fingerprint density at radius 3 is 1.81 bits per heavy atom. The van der Waals surface area contributed by atoms with Crippen LogP contribution < -0.4 is 5.32 Å². The predicted octanol–water partition coefficient (Wildman–Crippen LogP) is 4.62. The van der Waals surface area contributed by atoms with Crippen LogP contribution >= 0.6 is 0 Å². The van der Waals surface area contributed by atoms with Crippen molar-refractivity contribution < 1.29 is 19.1 Å². The van der Waals surface area contributed by atoms with Gasteiger partial charge in [0.05, 0.1) is 0 Å². The molecule has 2 aromatic rings. The smallest absolute Gasteiger partial charge is 0.408 e. The molecule has 5 nitrogen and oxygen atoms in total. The van der Waals surface area contributed by atoms with Crippen molar-refractivity contribution in [2.75, 3.05) is 0 Å². The van der Waals surface area contributed by atoms with Crippen molar-refractivity contribution in [2.45, 2.75) is 51.9 Å². The molecule has 0 aliphatic heterocycles. The zero-order valence-electron chi connectivity index (χ0n) is 16.3. The van der Waals surface area contributed by atoms with Crippen LogP contribution in [0.4, 0.5) is 4.79 Å². The molecule has 2 rings (SSSR count). The van der Waals surface area contributed by atoms with E-state index < -0.39 is 29.8 Å². The summed E-state index contributed by atoms with van der Waals surface area (Å²) in [5, 5.41) is 2.60. The van der Waals surface area contributed by atoms with Crippen molar-refractivity contribution in [1.82, 2.24) is 5.32 Å². The van der Waals surface area contributed by atoms with Crippen LogP contribution in [0.1, 0.15) is 51.3 Å². The zero-order valence-corrected chi connectivity index (χ0v) is 16.3. The Hall–Kier alpha value is -2.82. The molecule has 0 aliphatic carbocycles. The number of hydrogen-bond acceptors (Lipinski definition) is 4. The van der Waals surface area contributed by atoms with E-state index in [1.54, 1.807) is 20.8 Å². The van der Waals surface area contributed by atoms with E-state index in [1.807, 2.05) is 67.6 Å². The summed E-state index contributed by atoms with van der Waals surface area (Å²) in [6.07, 6.45) is -0.786. The van der Waals surface area contributed by atoms with Crippen LogP contribution in [0.15, 0.2) is 60.7 Å². The van der Waals surface area contributed by atoms with Gasteiger partial charge in [0.25, 0.3) is 0 Å². The van der Waals surface area contributed by atoms with E-state index in [9.17, 15) is 9.59 Å². The third-order valence-electron chi connectivity index (χ3n) is 3.82. The second-order valence-electron chi connectivity index (χ2n) is 7.25. The molecule has 1 unspecified atom stereocenters. The molecule has 5 heteroatoms. The minimum absolute atomic E-state index is 0.397. The molecular formula is C22H27NO4. The number of carbonyl (C=O) groups excluding carboxylic acids is 2. The van der Waals surface area contributed by atoms with E-state index >= 15 is 0 Å². The number of ether oxygens (including phenoxy) is 2. The first-order valence-electron chi connectivity index (χ1n) is 9.10. The van der Waals surface area contributed by atoms with Gasteiger partial charge in [0, 0.05) is 0 Å². The van der Waals surface area contributed by atoms with Crippen molar-refractivity contribution in [3.8, 4) is 0 Å². The maximum Gasteiger partial charge on any atom is 0.408 e. The normalized spacial score (nSPS) is 12.3. The lowest BCUT2D eigenvalue weighted by molar-refractivity contribution is -0.150. The summed E-state index contributed by atoms with van der Waals surface area (Å²) in [4.78, 5) is 24.8. The molecule has 1 atom stereocenters. The van der Waals surface area contributed by atoms with Crippen LogP contribution in [0.2, 0.25) is 0 Å². The standard InChI is InChI=1S/C22H27NO4/c1-5-18(23-21(25)27-22(2,3)4)20(24)26-19(16-12-8-6-9-13-16)17-14-10-7-11-15-17/h6-15,18-19H,5H2,1-4H3,(H,23,25). The van der Waals surface area contributed by atoms with Gasteiger partial charge in [0.1, 0.15) is 11.6 Å². The molecule has 0 spiro atoms. The van der Waals surface area contributed by atoms with Crippen molar-refractivity contribution in [2.24, 2.45) is 0 Å². The first-order valence-corrected chi connectivity index (χ1v) is 9.10. The number of hydrogen-bond donors (Lipinski definition) is 1. The van der Waals surface area contributed by atoms with Crippen LogP contribution in [-0.2, 0) is 14.3 Å². The molecule has 27 heavy (non-hydrogen) atoms. The van der Waals surface area contributed by atoms with Gasteiger partial charge in [-0.25, -0.2) is 9.59 Å². The number of benzene rings is 2. The fourth-order valence-electron chi connectivity index (χ4n) is 2.56. The Balaban J connectivity index is 2.16. The summed E-state index contributed by atoms with van der Waals surface area (Å²) in [6, 6.07) is 18.3. The third-order valence-corrected chi connectivity index (χ3v) is 3.82. The van der Waals surface area contributed by atoms with Crippen molar-refractivity contribution in [3.05, 3.63) is 71.8 Å². The van der Waals surface area contributed by atoms with Gasteiger partial charge in [-0.1, -0.05) is 67.6 Å². The Kier molecular flexibility index (Phi) is 6.99. The van der Waals surface area contributed by atoms with Crippen LogP contribution in [0.5, 0.6) is 0 Å². The minimum atomic E-state index is -0.783. The maximum atomic E-state index is 12.7. The number of carbonyl (C=O) groups is 2. The van der Waals surface area contributed by atoms with Gasteiger partial charge >= 0.3 is 12.1 Å². The van der Waals surface area contributed by atoms with Gasteiger partial charge in [0.15, 0.2) is 6.10 Å². The average molecular weight is 369 g/mol. The summed E-state index contributed by atoms with van der Waals surface area (Å²) in [7, 11) is 0. The van der Waals surface area contributed by atoms with E-state index in [2.05, 4.69) is 5.32 Å². The van der Waals surface area contributed by atoms with Crippen molar-refractivity contribution >= 4 is 12.1 Å². The first kappa shape index (κ1) is 20.5. The molecule has 0 radical (unpaired) electrons. The molecule has 0 bridgehead atoms. The quantitative estimate of drug-likeness (QED) is 0.755. The van der Waals surface area contributed by atoms with E-state index in [0.717, 1.165) is 11.1 Å². The van der Waals surface area contributed by atoms with Gasteiger partial charge in [-0.2, -0.15) is 0 Å². The number of amides is 1. The summed E-state index contributed by atoms with van der Waals surface area (Å²) in [6.45, 7) is 7.12. The highest BCUT2D eigenvalue weighted by Crippen LogP contribution is 2.26. The molecule has 0 saturated heterocycles. The van der Waals surface area contributed by atoms with E-state index in [0.29, 0.717) is 6.42 Å². The van der Waals surface area contributed by atoms with Gasteiger partial charge < -0.3 is 14.8 Å². The molecule has 0 saturated carbocycles. The van der Waals surface area contributed by atoms with Crippen LogP contribution in [-0.4, -0.2) is 23.7 Å².